The number of hydrogen-bond donors (Lipinski definition) is 1. The van der Waals surface area contributed by atoms with E-state index in [0.717, 1.165) is 69.7 Å². The molecule has 1 unspecified atom stereocenters. The maximum atomic E-state index is 12.7. The van der Waals surface area contributed by atoms with E-state index in [1.807, 2.05) is 11.8 Å². The maximum Gasteiger partial charge on any atom is 0.501 e. The maximum absolute atomic E-state index is 12.7. The number of amides is 1. The molecule has 0 aliphatic carbocycles. The summed E-state index contributed by atoms with van der Waals surface area (Å²) in [7, 11) is -5.32. The fourth-order valence-corrected chi connectivity index (χ4v) is 4.54. The average Bonchev–Trinajstić information content (AvgIpc) is 2.91. The van der Waals surface area contributed by atoms with Crippen molar-refractivity contribution < 1.29 is 26.4 Å². The first-order valence-corrected chi connectivity index (χ1v) is 12.2. The van der Waals surface area contributed by atoms with Crippen molar-refractivity contribution in [3.8, 4) is 0 Å². The third-order valence-electron chi connectivity index (χ3n) is 5.63. The van der Waals surface area contributed by atoms with Crippen molar-refractivity contribution in [1.82, 2.24) is 15.1 Å². The van der Waals surface area contributed by atoms with Crippen molar-refractivity contribution in [2.45, 2.75) is 56.0 Å². The summed E-state index contributed by atoms with van der Waals surface area (Å²) >= 11 is 0. The van der Waals surface area contributed by atoms with Crippen LogP contribution in [0.3, 0.4) is 0 Å². The zero-order chi connectivity index (χ0) is 23.1. The molecule has 2 rings (SSSR count). The fourth-order valence-electron chi connectivity index (χ4n) is 3.78. The van der Waals surface area contributed by atoms with E-state index in [9.17, 15) is 26.4 Å². The topological polar surface area (TPSA) is 69.7 Å². The van der Waals surface area contributed by atoms with Crippen LogP contribution in [0.2, 0.25) is 0 Å². The van der Waals surface area contributed by atoms with Crippen LogP contribution in [0.5, 0.6) is 0 Å². The van der Waals surface area contributed by atoms with E-state index in [0.29, 0.717) is 13.0 Å². The zero-order valence-corrected chi connectivity index (χ0v) is 18.9. The largest absolute Gasteiger partial charge is 0.501 e. The summed E-state index contributed by atoms with van der Waals surface area (Å²) in [5, 5.41) is 3.11. The first-order chi connectivity index (χ1) is 14.6. The summed E-state index contributed by atoms with van der Waals surface area (Å²) in [6, 6.07) is 5.09. The highest BCUT2D eigenvalue weighted by Gasteiger charge is 2.46. The lowest BCUT2D eigenvalue weighted by Crippen LogP contribution is -2.37. The van der Waals surface area contributed by atoms with Crippen LogP contribution in [-0.4, -0.2) is 74.9 Å². The van der Waals surface area contributed by atoms with Crippen molar-refractivity contribution in [2.75, 3.05) is 39.3 Å². The molecule has 1 saturated heterocycles. The number of alkyl halides is 3. The molecular formula is C21H32F3N3O3S. The van der Waals surface area contributed by atoms with E-state index in [4.69, 9.17) is 0 Å². The van der Waals surface area contributed by atoms with Gasteiger partial charge in [-0.05, 0) is 69.9 Å². The number of rotatable bonds is 10. The van der Waals surface area contributed by atoms with Gasteiger partial charge in [0.15, 0.2) is 0 Å². The molecule has 1 aromatic rings. The molecule has 0 radical (unpaired) electrons. The summed E-state index contributed by atoms with van der Waals surface area (Å²) in [5.41, 5.74) is -4.51. The second-order valence-electron chi connectivity index (χ2n) is 7.89. The molecule has 1 heterocycles. The van der Waals surface area contributed by atoms with Crippen molar-refractivity contribution in [3.05, 3.63) is 29.8 Å². The zero-order valence-electron chi connectivity index (χ0n) is 18.1. The molecule has 0 aromatic heterocycles. The Balaban J connectivity index is 1.84. The Hall–Kier alpha value is -1.65. The monoisotopic (exact) mass is 463 g/mol. The van der Waals surface area contributed by atoms with Gasteiger partial charge in [0.25, 0.3) is 9.84 Å². The minimum Gasteiger partial charge on any atom is -0.342 e. The number of hydrogen-bond acceptors (Lipinski definition) is 5. The average molecular weight is 464 g/mol. The molecule has 0 spiro atoms. The quantitative estimate of drug-likeness (QED) is 0.541. The summed E-state index contributed by atoms with van der Waals surface area (Å²) in [4.78, 5) is 15.5. The van der Waals surface area contributed by atoms with Crippen LogP contribution in [0.15, 0.2) is 29.2 Å². The van der Waals surface area contributed by atoms with Crippen LogP contribution in [0, 0.1) is 0 Å². The number of carbonyl (C=O) groups is 1. The third-order valence-corrected chi connectivity index (χ3v) is 7.14. The van der Waals surface area contributed by atoms with Gasteiger partial charge >= 0.3 is 5.51 Å². The van der Waals surface area contributed by atoms with Gasteiger partial charge in [-0.2, -0.15) is 13.2 Å². The molecule has 1 fully saturated rings. The lowest BCUT2D eigenvalue weighted by Gasteiger charge is -2.28. The number of benzene rings is 1. The summed E-state index contributed by atoms with van der Waals surface area (Å²) in [6.07, 6.45) is 3.43. The molecule has 6 nitrogen and oxygen atoms in total. The molecule has 176 valence electrons. The van der Waals surface area contributed by atoms with Crippen LogP contribution < -0.4 is 5.32 Å². The summed E-state index contributed by atoms with van der Waals surface area (Å²) < 4.78 is 61.0. The highest BCUT2D eigenvalue weighted by atomic mass is 32.2. The molecule has 1 aromatic carbocycles. The van der Waals surface area contributed by atoms with E-state index < -0.39 is 20.2 Å². The minimum atomic E-state index is -5.32. The SMILES string of the molecule is CCN(CCCCN1CCCNCC1=O)C(C)Cc1ccc(S(=O)(=O)C(F)(F)F)cc1. The first kappa shape index (κ1) is 25.6. The number of unbranched alkanes of at least 4 members (excludes halogenated alkanes) is 1. The fraction of sp³-hybridized carbons (Fsp3) is 0.667. The number of halogens is 3. The van der Waals surface area contributed by atoms with Crippen LogP contribution in [0.25, 0.3) is 0 Å². The minimum absolute atomic E-state index is 0.147. The second-order valence-corrected chi connectivity index (χ2v) is 9.83. The van der Waals surface area contributed by atoms with Crippen molar-refractivity contribution in [2.24, 2.45) is 0 Å². The van der Waals surface area contributed by atoms with Gasteiger partial charge in [0.2, 0.25) is 5.91 Å². The predicted octanol–water partition coefficient (Wildman–Crippen LogP) is 2.84. The Kier molecular flexibility index (Phi) is 9.32. The van der Waals surface area contributed by atoms with Gasteiger partial charge in [0, 0.05) is 19.1 Å². The Morgan fingerprint density at radius 2 is 1.87 bits per heavy atom. The van der Waals surface area contributed by atoms with Gasteiger partial charge in [0.1, 0.15) is 0 Å². The highest BCUT2D eigenvalue weighted by molar-refractivity contribution is 7.92. The Morgan fingerprint density at radius 1 is 1.19 bits per heavy atom. The van der Waals surface area contributed by atoms with Crippen LogP contribution in [0.4, 0.5) is 13.2 Å². The molecule has 1 aliphatic heterocycles. The van der Waals surface area contributed by atoms with Gasteiger partial charge < -0.3 is 15.1 Å². The van der Waals surface area contributed by atoms with Gasteiger partial charge in [-0.25, -0.2) is 8.42 Å². The lowest BCUT2D eigenvalue weighted by atomic mass is 10.1. The van der Waals surface area contributed by atoms with Crippen LogP contribution >= 0.6 is 0 Å². The Morgan fingerprint density at radius 3 is 2.48 bits per heavy atom. The summed E-state index contributed by atoms with van der Waals surface area (Å²) in [5.74, 6) is 0.147. The summed E-state index contributed by atoms with van der Waals surface area (Å²) in [6.45, 7) is 8.61. The first-order valence-electron chi connectivity index (χ1n) is 10.7. The third kappa shape index (κ3) is 7.18. The normalized spacial score (nSPS) is 17.1. The molecule has 31 heavy (non-hydrogen) atoms. The van der Waals surface area contributed by atoms with Crippen molar-refractivity contribution >= 4 is 15.7 Å². The van der Waals surface area contributed by atoms with E-state index in [-0.39, 0.29) is 11.9 Å². The molecule has 1 amide bonds. The van der Waals surface area contributed by atoms with Gasteiger partial charge in [-0.3, -0.25) is 4.79 Å². The van der Waals surface area contributed by atoms with Gasteiger partial charge in [-0.15, -0.1) is 0 Å². The van der Waals surface area contributed by atoms with E-state index in [1.54, 1.807) is 0 Å². The van der Waals surface area contributed by atoms with E-state index in [2.05, 4.69) is 17.1 Å². The van der Waals surface area contributed by atoms with Crippen molar-refractivity contribution in [1.29, 1.82) is 0 Å². The standard InChI is InChI=1S/C21H32F3N3O3S/c1-3-26(12-4-5-13-27-14-6-11-25-16-20(27)28)17(2)15-18-7-9-19(10-8-18)31(29,30)21(22,23)24/h7-10,17,25H,3-6,11-16H2,1-2H3. The molecule has 0 bridgehead atoms. The molecule has 1 aliphatic rings. The number of likely N-dealkylation sites (N-methyl/N-ethyl adjacent to an activating group) is 1. The van der Waals surface area contributed by atoms with Gasteiger partial charge in [0.05, 0.1) is 11.4 Å². The number of carbonyl (C=O) groups excluding carboxylic acids is 1. The van der Waals surface area contributed by atoms with Crippen molar-refractivity contribution in [3.63, 3.8) is 0 Å². The molecular weight excluding hydrogens is 431 g/mol. The number of sulfone groups is 1. The molecule has 1 atom stereocenters. The lowest BCUT2D eigenvalue weighted by molar-refractivity contribution is -0.129. The Labute approximate surface area is 182 Å². The number of nitrogens with one attached hydrogen (secondary N) is 1. The number of nitrogens with zero attached hydrogens (tertiary/aromatic N) is 2. The van der Waals surface area contributed by atoms with E-state index >= 15 is 0 Å². The predicted molar refractivity (Wildman–Crippen MR) is 113 cm³/mol. The van der Waals surface area contributed by atoms with Gasteiger partial charge in [-0.1, -0.05) is 19.1 Å². The molecule has 0 saturated carbocycles. The van der Waals surface area contributed by atoms with Crippen LogP contribution in [-0.2, 0) is 21.1 Å². The molecule has 1 N–H and O–H groups in total. The van der Waals surface area contributed by atoms with E-state index in [1.165, 1.54) is 12.1 Å². The Bertz CT molecular complexity index is 813. The highest BCUT2D eigenvalue weighted by Crippen LogP contribution is 2.30. The smallest absolute Gasteiger partial charge is 0.342 e. The molecule has 10 heteroatoms. The second kappa shape index (κ2) is 11.3. The van der Waals surface area contributed by atoms with Crippen LogP contribution in [0.1, 0.15) is 38.7 Å².